The van der Waals surface area contributed by atoms with Crippen molar-refractivity contribution >= 4 is 21.6 Å². The van der Waals surface area contributed by atoms with Crippen LogP contribution in [0.25, 0.3) is 10.2 Å². The molecule has 0 fully saturated rings. The third kappa shape index (κ3) is 4.23. The Bertz CT molecular complexity index is 1400. The van der Waals surface area contributed by atoms with E-state index in [1.54, 1.807) is 18.2 Å². The smallest absolute Gasteiger partial charge is 0.262 e. The number of hydrogen-bond donors (Lipinski definition) is 1. The second kappa shape index (κ2) is 9.08. The summed E-state index contributed by atoms with van der Waals surface area (Å²) in [5.41, 5.74) is 1.43. The van der Waals surface area contributed by atoms with E-state index in [2.05, 4.69) is 4.98 Å². The Morgan fingerprint density at radius 3 is 2.72 bits per heavy atom. The van der Waals surface area contributed by atoms with Crippen LogP contribution in [0.3, 0.4) is 0 Å². The van der Waals surface area contributed by atoms with Gasteiger partial charge in [0.15, 0.2) is 5.75 Å². The second-order valence-electron chi connectivity index (χ2n) is 7.69. The molecular formula is C24H24FN3O3S. The highest BCUT2D eigenvalue weighted by atomic mass is 32.1. The molecule has 4 rings (SSSR count). The Hall–Kier alpha value is -3.26. The van der Waals surface area contributed by atoms with Gasteiger partial charge in [0, 0.05) is 29.3 Å². The maximum atomic E-state index is 14.3. The van der Waals surface area contributed by atoms with Gasteiger partial charge >= 0.3 is 0 Å². The molecule has 0 atom stereocenters. The molecule has 8 heteroatoms. The van der Waals surface area contributed by atoms with Crippen LogP contribution >= 0.6 is 11.3 Å². The number of aromatic amines is 1. The number of aromatic nitrogens is 3. The number of pyridine rings is 1. The first-order valence-corrected chi connectivity index (χ1v) is 11.3. The van der Waals surface area contributed by atoms with Crippen LogP contribution in [0, 0.1) is 19.7 Å². The van der Waals surface area contributed by atoms with Gasteiger partial charge in [-0.3, -0.25) is 14.2 Å². The van der Waals surface area contributed by atoms with Gasteiger partial charge in [0.05, 0.1) is 18.5 Å². The van der Waals surface area contributed by atoms with E-state index in [0.717, 1.165) is 16.9 Å². The van der Waals surface area contributed by atoms with Gasteiger partial charge in [0.2, 0.25) is 5.43 Å². The molecule has 0 saturated carbocycles. The lowest BCUT2D eigenvalue weighted by Gasteiger charge is -2.14. The summed E-state index contributed by atoms with van der Waals surface area (Å²) in [6.07, 6.45) is 2.47. The molecule has 0 aliphatic carbocycles. The van der Waals surface area contributed by atoms with Crippen LogP contribution < -0.4 is 15.7 Å². The molecule has 0 aliphatic rings. The van der Waals surface area contributed by atoms with E-state index in [0.29, 0.717) is 33.9 Å². The molecule has 6 nitrogen and oxygen atoms in total. The molecule has 166 valence electrons. The van der Waals surface area contributed by atoms with Gasteiger partial charge in [-0.15, -0.1) is 11.3 Å². The number of rotatable bonds is 7. The maximum Gasteiger partial charge on any atom is 0.262 e. The monoisotopic (exact) mass is 453 g/mol. The number of halogens is 1. The fourth-order valence-electron chi connectivity index (χ4n) is 3.57. The Labute approximate surface area is 188 Å². The van der Waals surface area contributed by atoms with Gasteiger partial charge in [-0.05, 0) is 37.5 Å². The molecule has 0 saturated heterocycles. The van der Waals surface area contributed by atoms with Gasteiger partial charge in [-0.2, -0.15) is 0 Å². The van der Waals surface area contributed by atoms with Crippen molar-refractivity contribution in [1.82, 2.24) is 14.5 Å². The SMILES string of the molecule is CCCOc1c[nH]c(Cn2c(Cc3ccccc3F)nc3sc(C)c(C)c3c2=O)cc1=O. The first kappa shape index (κ1) is 22.0. The average molecular weight is 454 g/mol. The summed E-state index contributed by atoms with van der Waals surface area (Å²) in [6.45, 7) is 6.38. The van der Waals surface area contributed by atoms with Crippen molar-refractivity contribution in [2.45, 2.75) is 40.2 Å². The minimum atomic E-state index is -0.349. The zero-order valence-corrected chi connectivity index (χ0v) is 19.0. The van der Waals surface area contributed by atoms with E-state index in [1.807, 2.05) is 20.8 Å². The van der Waals surface area contributed by atoms with E-state index in [1.165, 1.54) is 34.2 Å². The standard InChI is InChI=1S/C24H24FN3O3S/c1-4-9-31-20-12-26-17(11-19(20)29)13-28-21(10-16-7-5-6-8-18(16)25)27-23-22(24(28)30)14(2)15(3)32-23/h5-8,11-12H,4,9-10,13H2,1-3H3,(H,26,29). The first-order valence-electron chi connectivity index (χ1n) is 10.5. The minimum absolute atomic E-state index is 0.114. The van der Waals surface area contributed by atoms with Crippen LogP contribution in [-0.4, -0.2) is 21.1 Å². The van der Waals surface area contributed by atoms with Crippen molar-refractivity contribution in [3.8, 4) is 5.75 Å². The predicted molar refractivity (Wildman–Crippen MR) is 125 cm³/mol. The summed E-state index contributed by atoms with van der Waals surface area (Å²) >= 11 is 1.46. The molecule has 4 aromatic rings. The highest BCUT2D eigenvalue weighted by Crippen LogP contribution is 2.27. The van der Waals surface area contributed by atoms with E-state index < -0.39 is 0 Å². The molecule has 0 spiro atoms. The van der Waals surface area contributed by atoms with Gasteiger partial charge in [-0.25, -0.2) is 9.37 Å². The van der Waals surface area contributed by atoms with Crippen molar-refractivity contribution < 1.29 is 9.13 Å². The van der Waals surface area contributed by atoms with Crippen LogP contribution in [0.4, 0.5) is 4.39 Å². The maximum absolute atomic E-state index is 14.3. The van der Waals surface area contributed by atoms with Crippen LogP contribution in [0.2, 0.25) is 0 Å². The number of thiophene rings is 1. The lowest BCUT2D eigenvalue weighted by Crippen LogP contribution is -2.27. The summed E-state index contributed by atoms with van der Waals surface area (Å²) in [7, 11) is 0. The Balaban J connectivity index is 1.81. The fourth-order valence-corrected chi connectivity index (χ4v) is 4.61. The van der Waals surface area contributed by atoms with E-state index >= 15 is 0 Å². The van der Waals surface area contributed by atoms with Crippen molar-refractivity contribution in [3.63, 3.8) is 0 Å². The number of ether oxygens (including phenoxy) is 1. The van der Waals surface area contributed by atoms with Crippen molar-refractivity contribution in [1.29, 1.82) is 0 Å². The lowest BCUT2D eigenvalue weighted by atomic mass is 10.1. The molecule has 0 unspecified atom stereocenters. The minimum Gasteiger partial charge on any atom is -0.488 e. The number of nitrogens with one attached hydrogen (secondary N) is 1. The first-order chi connectivity index (χ1) is 15.4. The number of fused-ring (bicyclic) bond motifs is 1. The number of hydrogen-bond acceptors (Lipinski definition) is 5. The van der Waals surface area contributed by atoms with E-state index in [-0.39, 0.29) is 35.5 Å². The van der Waals surface area contributed by atoms with Crippen LogP contribution in [0.1, 0.15) is 40.9 Å². The molecule has 0 aliphatic heterocycles. The predicted octanol–water partition coefficient (Wildman–Crippen LogP) is 4.33. The number of H-pyrrole nitrogens is 1. The summed E-state index contributed by atoms with van der Waals surface area (Å²) in [4.78, 5) is 35.3. The molecule has 32 heavy (non-hydrogen) atoms. The van der Waals surface area contributed by atoms with Crippen LogP contribution in [0.5, 0.6) is 5.75 Å². The highest BCUT2D eigenvalue weighted by Gasteiger charge is 2.18. The molecule has 0 radical (unpaired) electrons. The summed E-state index contributed by atoms with van der Waals surface area (Å²) in [6, 6.07) is 7.89. The summed E-state index contributed by atoms with van der Waals surface area (Å²) in [5, 5.41) is 0.565. The Morgan fingerprint density at radius 2 is 2.00 bits per heavy atom. The number of benzene rings is 1. The fraction of sp³-hybridized carbons (Fsp3) is 0.292. The second-order valence-corrected chi connectivity index (χ2v) is 8.89. The Kier molecular flexibility index (Phi) is 6.23. The molecule has 1 N–H and O–H groups in total. The number of aryl methyl sites for hydroxylation is 2. The zero-order valence-electron chi connectivity index (χ0n) is 18.2. The van der Waals surface area contributed by atoms with Gasteiger partial charge in [-0.1, -0.05) is 25.1 Å². The third-order valence-electron chi connectivity index (χ3n) is 5.40. The molecule has 3 aromatic heterocycles. The normalized spacial score (nSPS) is 11.2. The van der Waals surface area contributed by atoms with E-state index in [4.69, 9.17) is 9.72 Å². The molecule has 0 bridgehead atoms. The van der Waals surface area contributed by atoms with Crippen molar-refractivity contribution in [2.75, 3.05) is 6.61 Å². The van der Waals surface area contributed by atoms with Gasteiger partial charge in [0.25, 0.3) is 5.56 Å². The molecular weight excluding hydrogens is 429 g/mol. The lowest BCUT2D eigenvalue weighted by molar-refractivity contribution is 0.313. The van der Waals surface area contributed by atoms with Crippen LogP contribution in [0.15, 0.2) is 46.1 Å². The van der Waals surface area contributed by atoms with Crippen molar-refractivity contribution in [3.05, 3.63) is 90.4 Å². The highest BCUT2D eigenvalue weighted by molar-refractivity contribution is 7.18. The summed E-state index contributed by atoms with van der Waals surface area (Å²) < 4.78 is 21.3. The largest absolute Gasteiger partial charge is 0.488 e. The zero-order chi connectivity index (χ0) is 22.8. The number of nitrogens with zero attached hydrogens (tertiary/aromatic N) is 2. The van der Waals surface area contributed by atoms with Gasteiger partial charge in [0.1, 0.15) is 16.5 Å². The quantitative estimate of drug-likeness (QED) is 0.452. The third-order valence-corrected chi connectivity index (χ3v) is 6.50. The molecule has 0 amide bonds. The summed E-state index contributed by atoms with van der Waals surface area (Å²) in [5.74, 6) is 0.339. The molecule has 1 aromatic carbocycles. The Morgan fingerprint density at radius 1 is 1.22 bits per heavy atom. The average Bonchev–Trinajstić information content (AvgIpc) is 3.05. The van der Waals surface area contributed by atoms with E-state index in [9.17, 15) is 14.0 Å². The van der Waals surface area contributed by atoms with Crippen LogP contribution in [-0.2, 0) is 13.0 Å². The topological polar surface area (TPSA) is 77.0 Å². The molecule has 3 heterocycles. The van der Waals surface area contributed by atoms with Gasteiger partial charge < -0.3 is 9.72 Å². The van der Waals surface area contributed by atoms with Crippen molar-refractivity contribution in [2.24, 2.45) is 0 Å².